The molecule has 1 aliphatic heterocycles. The molecular formula is C19H21ClN2O3S2. The van der Waals surface area contributed by atoms with E-state index in [9.17, 15) is 13.2 Å². The Balaban J connectivity index is 1.58. The van der Waals surface area contributed by atoms with Gasteiger partial charge in [-0.2, -0.15) is 4.31 Å². The van der Waals surface area contributed by atoms with Crippen molar-refractivity contribution in [2.45, 2.75) is 29.1 Å². The van der Waals surface area contributed by atoms with Crippen molar-refractivity contribution in [2.24, 2.45) is 0 Å². The minimum Gasteiger partial charge on any atom is -0.325 e. The Kier molecular flexibility index (Phi) is 6.81. The first-order chi connectivity index (χ1) is 13.0. The number of carbonyl (C=O) groups is 1. The second kappa shape index (κ2) is 9.10. The highest BCUT2D eigenvalue weighted by molar-refractivity contribution is 8.00. The lowest BCUT2D eigenvalue weighted by Gasteiger charge is -2.25. The van der Waals surface area contributed by atoms with Crippen molar-refractivity contribution in [1.82, 2.24) is 4.31 Å². The van der Waals surface area contributed by atoms with Crippen LogP contribution in [0.25, 0.3) is 0 Å². The Morgan fingerprint density at radius 1 is 1.04 bits per heavy atom. The molecule has 0 aromatic heterocycles. The summed E-state index contributed by atoms with van der Waals surface area (Å²) in [6, 6.07) is 13.7. The quantitative estimate of drug-likeness (QED) is 0.704. The molecule has 0 saturated carbocycles. The van der Waals surface area contributed by atoms with Gasteiger partial charge in [0, 0.05) is 23.7 Å². The number of thioether (sulfide) groups is 1. The number of piperidine rings is 1. The van der Waals surface area contributed by atoms with Gasteiger partial charge in [0.2, 0.25) is 15.9 Å². The minimum absolute atomic E-state index is 0.174. The molecule has 0 spiro atoms. The zero-order chi connectivity index (χ0) is 19.3. The summed E-state index contributed by atoms with van der Waals surface area (Å²) in [4.78, 5) is 13.2. The third-order valence-electron chi connectivity index (χ3n) is 4.29. The monoisotopic (exact) mass is 424 g/mol. The molecule has 1 aliphatic rings. The predicted octanol–water partition coefficient (Wildman–Crippen LogP) is 4.25. The van der Waals surface area contributed by atoms with Crippen LogP contribution >= 0.6 is 23.4 Å². The van der Waals surface area contributed by atoms with Gasteiger partial charge >= 0.3 is 0 Å². The molecule has 0 bridgehead atoms. The SMILES string of the molecule is O=C(CSc1ccccc1Cl)Nc1ccc(S(=O)(=O)N2CCCCC2)cc1. The highest BCUT2D eigenvalue weighted by Crippen LogP contribution is 2.27. The predicted molar refractivity (Wildman–Crippen MR) is 110 cm³/mol. The average molecular weight is 425 g/mol. The zero-order valence-electron chi connectivity index (χ0n) is 14.7. The molecule has 2 aromatic carbocycles. The van der Waals surface area contributed by atoms with E-state index in [4.69, 9.17) is 11.6 Å². The molecule has 1 heterocycles. The Morgan fingerprint density at radius 3 is 2.37 bits per heavy atom. The van der Waals surface area contributed by atoms with Gasteiger partial charge in [-0.1, -0.05) is 30.2 Å². The molecule has 8 heteroatoms. The van der Waals surface area contributed by atoms with Gasteiger partial charge in [-0.25, -0.2) is 8.42 Å². The summed E-state index contributed by atoms with van der Waals surface area (Å²) >= 11 is 7.43. The number of nitrogens with zero attached hydrogens (tertiary/aromatic N) is 1. The summed E-state index contributed by atoms with van der Waals surface area (Å²) in [5.41, 5.74) is 0.567. The lowest BCUT2D eigenvalue weighted by molar-refractivity contribution is -0.113. The van der Waals surface area contributed by atoms with Crippen LogP contribution in [0.2, 0.25) is 5.02 Å². The van der Waals surface area contributed by atoms with Crippen molar-refractivity contribution in [3.05, 3.63) is 53.6 Å². The van der Waals surface area contributed by atoms with Crippen molar-refractivity contribution < 1.29 is 13.2 Å². The van der Waals surface area contributed by atoms with E-state index in [-0.39, 0.29) is 16.6 Å². The molecule has 3 rings (SSSR count). The van der Waals surface area contributed by atoms with E-state index in [1.165, 1.54) is 16.1 Å². The number of hydrogen-bond acceptors (Lipinski definition) is 4. The van der Waals surface area contributed by atoms with Gasteiger partial charge in [-0.15, -0.1) is 11.8 Å². The Morgan fingerprint density at radius 2 is 1.70 bits per heavy atom. The minimum atomic E-state index is -3.46. The van der Waals surface area contributed by atoms with Crippen LogP contribution in [-0.4, -0.2) is 37.5 Å². The first-order valence-electron chi connectivity index (χ1n) is 8.74. The van der Waals surface area contributed by atoms with Crippen LogP contribution in [0.4, 0.5) is 5.69 Å². The lowest BCUT2D eigenvalue weighted by atomic mass is 10.2. The molecule has 1 amide bonds. The summed E-state index contributed by atoms with van der Waals surface area (Å²) in [7, 11) is -3.46. The molecule has 0 atom stereocenters. The first kappa shape index (κ1) is 20.2. The largest absolute Gasteiger partial charge is 0.325 e. The fraction of sp³-hybridized carbons (Fsp3) is 0.316. The third-order valence-corrected chi connectivity index (χ3v) is 7.71. The van der Waals surface area contributed by atoms with Gasteiger partial charge in [0.15, 0.2) is 0 Å². The van der Waals surface area contributed by atoms with E-state index >= 15 is 0 Å². The number of sulfonamides is 1. The Hall–Kier alpha value is -1.54. The molecule has 0 aliphatic carbocycles. The maximum Gasteiger partial charge on any atom is 0.243 e. The standard InChI is InChI=1S/C19H21ClN2O3S2/c20-17-6-2-3-7-18(17)26-14-19(23)21-15-8-10-16(11-9-15)27(24,25)22-12-4-1-5-13-22/h2-3,6-11H,1,4-5,12-14H2,(H,21,23). The van der Waals surface area contributed by atoms with Crippen LogP contribution in [0.15, 0.2) is 58.3 Å². The highest BCUT2D eigenvalue weighted by Gasteiger charge is 2.25. The van der Waals surface area contributed by atoms with Crippen LogP contribution in [0.5, 0.6) is 0 Å². The van der Waals surface area contributed by atoms with Crippen molar-refractivity contribution in [1.29, 1.82) is 0 Å². The average Bonchev–Trinajstić information content (AvgIpc) is 2.68. The molecular weight excluding hydrogens is 404 g/mol. The van der Waals surface area contributed by atoms with Gasteiger partial charge < -0.3 is 5.32 Å². The molecule has 0 unspecified atom stereocenters. The van der Waals surface area contributed by atoms with Gasteiger partial charge in [0.25, 0.3) is 0 Å². The van der Waals surface area contributed by atoms with Crippen LogP contribution in [-0.2, 0) is 14.8 Å². The van der Waals surface area contributed by atoms with Gasteiger partial charge in [0.1, 0.15) is 0 Å². The van der Waals surface area contributed by atoms with E-state index < -0.39 is 10.0 Å². The summed E-state index contributed by atoms with van der Waals surface area (Å²) in [5.74, 6) is 0.0453. The molecule has 1 fully saturated rings. The van der Waals surface area contributed by atoms with E-state index in [2.05, 4.69) is 5.32 Å². The molecule has 144 valence electrons. The lowest BCUT2D eigenvalue weighted by Crippen LogP contribution is -2.35. The number of hydrogen-bond donors (Lipinski definition) is 1. The fourth-order valence-corrected chi connectivity index (χ4v) is 5.42. The number of rotatable bonds is 6. The van der Waals surface area contributed by atoms with Crippen LogP contribution in [0.3, 0.4) is 0 Å². The molecule has 5 nitrogen and oxygen atoms in total. The number of anilines is 1. The number of nitrogens with one attached hydrogen (secondary N) is 1. The van der Waals surface area contributed by atoms with Crippen molar-refractivity contribution >= 4 is 45.0 Å². The second-order valence-corrected chi connectivity index (χ2v) is 9.62. The molecule has 27 heavy (non-hydrogen) atoms. The summed E-state index contributed by atoms with van der Waals surface area (Å²) in [6.07, 6.45) is 2.87. The smallest absolute Gasteiger partial charge is 0.243 e. The second-order valence-electron chi connectivity index (χ2n) is 6.26. The Bertz CT molecular complexity index is 895. The molecule has 1 N–H and O–H groups in total. The van der Waals surface area contributed by atoms with Crippen LogP contribution in [0.1, 0.15) is 19.3 Å². The van der Waals surface area contributed by atoms with E-state index in [0.717, 1.165) is 24.2 Å². The van der Waals surface area contributed by atoms with Crippen molar-refractivity contribution in [3.63, 3.8) is 0 Å². The number of benzene rings is 2. The zero-order valence-corrected chi connectivity index (χ0v) is 17.1. The fourth-order valence-electron chi connectivity index (χ4n) is 2.87. The number of halogens is 1. The van der Waals surface area contributed by atoms with Gasteiger partial charge in [-0.05, 0) is 49.2 Å². The topological polar surface area (TPSA) is 66.5 Å². The van der Waals surface area contributed by atoms with Crippen molar-refractivity contribution in [2.75, 3.05) is 24.2 Å². The third kappa shape index (κ3) is 5.25. The first-order valence-corrected chi connectivity index (χ1v) is 11.5. The van der Waals surface area contributed by atoms with Crippen molar-refractivity contribution in [3.8, 4) is 0 Å². The van der Waals surface area contributed by atoms with Crippen LogP contribution < -0.4 is 5.32 Å². The molecule has 0 radical (unpaired) electrons. The normalized spacial score (nSPS) is 15.4. The van der Waals surface area contributed by atoms with E-state index in [1.807, 2.05) is 18.2 Å². The maximum atomic E-state index is 12.6. The van der Waals surface area contributed by atoms with E-state index in [0.29, 0.717) is 23.8 Å². The summed E-state index contributed by atoms with van der Waals surface area (Å²) in [6.45, 7) is 1.14. The Labute approximate surface area is 169 Å². The summed E-state index contributed by atoms with van der Waals surface area (Å²) in [5, 5.41) is 3.39. The van der Waals surface area contributed by atoms with Gasteiger partial charge in [0.05, 0.1) is 15.7 Å². The maximum absolute atomic E-state index is 12.6. The van der Waals surface area contributed by atoms with Gasteiger partial charge in [-0.3, -0.25) is 4.79 Å². The molecule has 1 saturated heterocycles. The summed E-state index contributed by atoms with van der Waals surface area (Å²) < 4.78 is 26.8. The molecule has 2 aromatic rings. The van der Waals surface area contributed by atoms with E-state index in [1.54, 1.807) is 30.3 Å². The number of amides is 1. The van der Waals surface area contributed by atoms with Crippen LogP contribution in [0, 0.1) is 0 Å². The highest BCUT2D eigenvalue weighted by atomic mass is 35.5. The number of carbonyl (C=O) groups excluding carboxylic acids is 1.